The number of hydrogen-bond donors (Lipinski definition) is 2. The largest absolute Gasteiger partial charge is 0.355 e. The Morgan fingerprint density at radius 1 is 0.500 bits per heavy atom. The van der Waals surface area contributed by atoms with E-state index in [9.17, 15) is 22.0 Å². The number of rotatable bonds is 1. The summed E-state index contributed by atoms with van der Waals surface area (Å²) in [5, 5.41) is 0. The average Bonchev–Trinajstić information content (AvgIpc) is 3.62. The minimum absolute atomic E-state index is 0. The van der Waals surface area contributed by atoms with Crippen LogP contribution in [-0.2, 0) is 0 Å². The summed E-state index contributed by atoms with van der Waals surface area (Å²) in [6.07, 6.45) is 6.95. The lowest BCUT2D eigenvalue weighted by molar-refractivity contribution is 0.381. The average molecular weight is 513 g/mol. The Bertz CT molecular complexity index is 1740. The second-order valence-electron chi connectivity index (χ2n) is 8.03. The predicted molar refractivity (Wildman–Crippen MR) is 131 cm³/mol. The van der Waals surface area contributed by atoms with E-state index in [0.29, 0.717) is 28.3 Å². The number of H-pyrrole nitrogens is 2. The van der Waals surface area contributed by atoms with Crippen molar-refractivity contribution >= 4 is 58.8 Å². The third-order valence-corrected chi connectivity index (χ3v) is 5.65. The maximum atomic E-state index is 14.7. The number of benzene rings is 1. The molecule has 36 heavy (non-hydrogen) atoms. The van der Waals surface area contributed by atoms with Gasteiger partial charge in [-0.1, -0.05) is 0 Å². The van der Waals surface area contributed by atoms with Gasteiger partial charge < -0.3 is 9.97 Å². The van der Waals surface area contributed by atoms with Crippen molar-refractivity contribution in [1.82, 2.24) is 19.9 Å². The first-order valence-corrected chi connectivity index (χ1v) is 10.5. The highest BCUT2D eigenvalue weighted by atomic mass is 35.5. The lowest BCUT2D eigenvalue weighted by Crippen LogP contribution is -2.03. The molecule has 8 bridgehead atoms. The monoisotopic (exact) mass is 512 g/mol. The van der Waals surface area contributed by atoms with Gasteiger partial charge in [0.1, 0.15) is 0 Å². The second-order valence-corrected chi connectivity index (χ2v) is 8.03. The molecule has 6 rings (SSSR count). The topological polar surface area (TPSA) is 57.4 Å². The fraction of sp³-hybridized carbons (Fsp3) is 0. The lowest BCUT2D eigenvalue weighted by atomic mass is 10.0. The number of aromatic amines is 2. The van der Waals surface area contributed by atoms with E-state index in [-0.39, 0.29) is 23.5 Å². The molecule has 0 amide bonds. The summed E-state index contributed by atoms with van der Waals surface area (Å²) in [6.45, 7) is 0. The first-order chi connectivity index (χ1) is 16.9. The quantitative estimate of drug-likeness (QED) is 0.137. The molecule has 2 N–H and O–H groups in total. The van der Waals surface area contributed by atoms with Gasteiger partial charge in [-0.05, 0) is 66.8 Å². The summed E-state index contributed by atoms with van der Waals surface area (Å²) < 4.78 is 70.9. The number of hydrogen-bond acceptors (Lipinski definition) is 2. The maximum absolute atomic E-state index is 14.7. The molecule has 0 radical (unpaired) electrons. The molecule has 0 saturated carbocycles. The van der Waals surface area contributed by atoms with Crippen LogP contribution in [0.25, 0.3) is 57.5 Å². The SMILES string of the molecule is Cl.Fc1c(F)c(F)c(-c2cc3cc4nc(cc5ccc(cc6nc(cc2[nH]3)C=C6)[nH]5)C=C4)c(F)c1F. The van der Waals surface area contributed by atoms with Gasteiger partial charge in [0.25, 0.3) is 0 Å². The van der Waals surface area contributed by atoms with Crippen LogP contribution in [0, 0.1) is 29.1 Å². The molecule has 10 heteroatoms. The highest BCUT2D eigenvalue weighted by Crippen LogP contribution is 2.35. The van der Waals surface area contributed by atoms with E-state index in [0.717, 1.165) is 11.0 Å². The van der Waals surface area contributed by atoms with Gasteiger partial charge in [0.15, 0.2) is 23.3 Å². The highest BCUT2D eigenvalue weighted by Gasteiger charge is 2.27. The van der Waals surface area contributed by atoms with Crippen LogP contribution in [0.15, 0.2) is 42.5 Å². The Labute approximate surface area is 206 Å². The zero-order valence-corrected chi connectivity index (χ0v) is 18.9. The minimum atomic E-state index is -2.21. The van der Waals surface area contributed by atoms with Crippen molar-refractivity contribution in [2.75, 3.05) is 0 Å². The molecule has 0 unspecified atom stereocenters. The fourth-order valence-corrected chi connectivity index (χ4v) is 4.07. The molecule has 180 valence electrons. The standard InChI is InChI=1S/C26H13F5N4.ClH/c27-22-21(23(28)25(30)26(31)24(22)29)19-10-18-9-16-4-3-14(33-16)7-12-1-2-13(32-12)8-15-5-6-17(34-15)11-20(19)35-18;/h1-11,32,35H;1H. The summed E-state index contributed by atoms with van der Waals surface area (Å²) in [6, 6.07) is 11.8. The van der Waals surface area contributed by atoms with Crippen molar-refractivity contribution in [3.05, 3.63) is 94.3 Å². The van der Waals surface area contributed by atoms with E-state index >= 15 is 0 Å². The van der Waals surface area contributed by atoms with Gasteiger partial charge in [0.2, 0.25) is 5.82 Å². The zero-order chi connectivity index (χ0) is 24.3. The van der Waals surface area contributed by atoms with Crippen molar-refractivity contribution in [3.8, 4) is 11.1 Å². The van der Waals surface area contributed by atoms with Crippen molar-refractivity contribution in [3.63, 3.8) is 0 Å². The van der Waals surface area contributed by atoms with Crippen LogP contribution in [0.3, 0.4) is 0 Å². The minimum Gasteiger partial charge on any atom is -0.355 e. The van der Waals surface area contributed by atoms with E-state index in [1.165, 1.54) is 12.1 Å². The van der Waals surface area contributed by atoms with Gasteiger partial charge in [-0.3, -0.25) is 0 Å². The number of nitrogens with zero attached hydrogens (tertiary/aromatic N) is 2. The van der Waals surface area contributed by atoms with Crippen LogP contribution >= 0.6 is 12.4 Å². The Hall–Kier alpha value is -4.24. The Morgan fingerprint density at radius 3 is 1.47 bits per heavy atom. The predicted octanol–water partition coefficient (Wildman–Crippen LogP) is 7.44. The van der Waals surface area contributed by atoms with Gasteiger partial charge >= 0.3 is 0 Å². The zero-order valence-electron chi connectivity index (χ0n) is 18.0. The summed E-state index contributed by atoms with van der Waals surface area (Å²) in [4.78, 5) is 15.2. The van der Waals surface area contributed by atoms with Crippen LogP contribution in [0.5, 0.6) is 0 Å². The molecule has 1 aromatic carbocycles. The molecule has 0 fully saturated rings. The lowest BCUT2D eigenvalue weighted by Gasteiger charge is -2.07. The van der Waals surface area contributed by atoms with E-state index in [1.807, 2.05) is 24.3 Å². The summed E-state index contributed by atoms with van der Waals surface area (Å²) in [5.74, 6) is -10.1. The van der Waals surface area contributed by atoms with Gasteiger partial charge in [-0.2, -0.15) is 0 Å². The molecular weight excluding hydrogens is 499 g/mol. The van der Waals surface area contributed by atoms with Crippen molar-refractivity contribution in [2.24, 2.45) is 0 Å². The van der Waals surface area contributed by atoms with Gasteiger partial charge in [-0.15, -0.1) is 12.4 Å². The normalized spacial score (nSPS) is 12.1. The molecule has 4 nitrogen and oxygen atoms in total. The Morgan fingerprint density at radius 2 is 0.944 bits per heavy atom. The molecule has 5 heterocycles. The summed E-state index contributed by atoms with van der Waals surface area (Å²) in [7, 11) is 0. The molecule has 0 spiro atoms. The molecule has 4 aromatic rings. The summed E-state index contributed by atoms with van der Waals surface area (Å²) in [5.41, 5.74) is 3.13. The number of fused-ring (bicyclic) bond motifs is 8. The smallest absolute Gasteiger partial charge is 0.200 e. The fourth-order valence-electron chi connectivity index (χ4n) is 4.07. The molecule has 0 aliphatic carbocycles. The van der Waals surface area contributed by atoms with Gasteiger partial charge in [0, 0.05) is 27.6 Å². The van der Waals surface area contributed by atoms with Crippen molar-refractivity contribution < 1.29 is 22.0 Å². The maximum Gasteiger partial charge on any atom is 0.200 e. The van der Waals surface area contributed by atoms with E-state index in [1.54, 1.807) is 30.4 Å². The van der Waals surface area contributed by atoms with E-state index in [4.69, 9.17) is 0 Å². The van der Waals surface area contributed by atoms with Crippen molar-refractivity contribution in [1.29, 1.82) is 0 Å². The van der Waals surface area contributed by atoms with Crippen LogP contribution in [0.2, 0.25) is 0 Å². The number of aromatic nitrogens is 4. The molecule has 0 atom stereocenters. The number of halogens is 6. The molecular formula is C26H14ClF5N4. The Kier molecular flexibility index (Phi) is 5.72. The van der Waals surface area contributed by atoms with E-state index < -0.39 is 34.6 Å². The first-order valence-electron chi connectivity index (χ1n) is 10.5. The van der Waals surface area contributed by atoms with E-state index in [2.05, 4.69) is 19.9 Å². The van der Waals surface area contributed by atoms with Gasteiger partial charge in [0.05, 0.1) is 28.3 Å². The molecule has 0 saturated heterocycles. The first kappa shape index (κ1) is 23.5. The Balaban J connectivity index is 0.00000267. The third-order valence-electron chi connectivity index (χ3n) is 5.65. The van der Waals surface area contributed by atoms with Crippen LogP contribution < -0.4 is 0 Å². The van der Waals surface area contributed by atoms with Crippen LogP contribution in [0.4, 0.5) is 22.0 Å². The van der Waals surface area contributed by atoms with Gasteiger partial charge in [-0.25, -0.2) is 31.9 Å². The molecule has 3 aromatic heterocycles. The third kappa shape index (κ3) is 3.97. The number of nitrogens with one attached hydrogen (secondary N) is 2. The van der Waals surface area contributed by atoms with Crippen LogP contribution in [-0.4, -0.2) is 19.9 Å². The highest BCUT2D eigenvalue weighted by molar-refractivity contribution is 5.88. The molecule has 2 aliphatic heterocycles. The second kappa shape index (κ2) is 8.76. The summed E-state index contributed by atoms with van der Waals surface area (Å²) >= 11 is 0. The van der Waals surface area contributed by atoms with Crippen molar-refractivity contribution in [2.45, 2.75) is 0 Å². The molecule has 2 aliphatic rings. The van der Waals surface area contributed by atoms with Crippen LogP contribution in [0.1, 0.15) is 22.8 Å².